The van der Waals surface area contributed by atoms with Crippen LogP contribution >= 0.6 is 0 Å². The fourth-order valence-electron chi connectivity index (χ4n) is 0.243. The SMILES string of the molecule is FCC(F)C(F)C(F)F.[H-].[K+]. The molecule has 6 heteroatoms. The standard InChI is InChI=1S/C4H5F5.K.H/c5-1-2(6)3(7)4(8)9;;/h2-4H,1H2;;/q;+1;-1. The van der Waals surface area contributed by atoms with E-state index in [2.05, 4.69) is 0 Å². The smallest absolute Gasteiger partial charge is 1.00 e. The van der Waals surface area contributed by atoms with E-state index in [9.17, 15) is 22.0 Å². The van der Waals surface area contributed by atoms with Crippen molar-refractivity contribution >= 4 is 0 Å². The number of rotatable bonds is 3. The number of alkyl halides is 5. The van der Waals surface area contributed by atoms with Crippen molar-refractivity contribution in [3.05, 3.63) is 0 Å². The quantitative estimate of drug-likeness (QED) is 0.394. The maximum Gasteiger partial charge on any atom is 1.00 e. The third-order valence-electron chi connectivity index (χ3n) is 0.734. The Kier molecular flexibility index (Phi) is 9.64. The zero-order valence-electron chi connectivity index (χ0n) is 6.33. The Morgan fingerprint density at radius 1 is 1.10 bits per heavy atom. The third-order valence-corrected chi connectivity index (χ3v) is 0.734. The fraction of sp³-hybridized carbons (Fsp3) is 1.00. The van der Waals surface area contributed by atoms with Crippen LogP contribution in [0.2, 0.25) is 0 Å². The third kappa shape index (κ3) is 5.01. The van der Waals surface area contributed by atoms with Gasteiger partial charge in [-0.1, -0.05) is 0 Å². The molecule has 10 heavy (non-hydrogen) atoms. The summed E-state index contributed by atoms with van der Waals surface area (Å²) in [5, 5.41) is 0. The summed E-state index contributed by atoms with van der Waals surface area (Å²) in [6.07, 6.45) is -9.12. The molecule has 0 spiro atoms. The van der Waals surface area contributed by atoms with Gasteiger partial charge in [-0.3, -0.25) is 0 Å². The molecule has 0 aliphatic rings. The van der Waals surface area contributed by atoms with E-state index in [-0.39, 0.29) is 52.8 Å². The molecule has 0 saturated carbocycles. The van der Waals surface area contributed by atoms with Gasteiger partial charge in [0.25, 0.3) is 6.43 Å². The molecule has 0 aromatic rings. The molecule has 0 aromatic heterocycles. The van der Waals surface area contributed by atoms with Crippen LogP contribution in [0.3, 0.4) is 0 Å². The first kappa shape index (κ1) is 13.8. The summed E-state index contributed by atoms with van der Waals surface area (Å²) in [5.74, 6) is 0. The zero-order valence-corrected chi connectivity index (χ0v) is 8.45. The van der Waals surface area contributed by atoms with Crippen LogP contribution in [0.1, 0.15) is 1.43 Å². The predicted molar refractivity (Wildman–Crippen MR) is 22.9 cm³/mol. The molecule has 0 N–H and O–H groups in total. The van der Waals surface area contributed by atoms with E-state index in [0.29, 0.717) is 0 Å². The van der Waals surface area contributed by atoms with Gasteiger partial charge in [0, 0.05) is 0 Å². The summed E-state index contributed by atoms with van der Waals surface area (Å²) in [5.41, 5.74) is 0. The molecular formula is C4H6F5K. The predicted octanol–water partition coefficient (Wildman–Crippen LogP) is -0.986. The minimum Gasteiger partial charge on any atom is -1.00 e. The van der Waals surface area contributed by atoms with Crippen molar-refractivity contribution in [2.45, 2.75) is 18.8 Å². The van der Waals surface area contributed by atoms with Crippen LogP contribution in [-0.2, 0) is 0 Å². The van der Waals surface area contributed by atoms with Crippen LogP contribution < -0.4 is 51.4 Å². The Balaban J connectivity index is -0.000000320. The first-order chi connectivity index (χ1) is 4.09. The van der Waals surface area contributed by atoms with E-state index in [1.165, 1.54) is 0 Å². The normalized spacial score (nSPS) is 16.2. The Labute approximate surface area is 99.1 Å². The second kappa shape index (κ2) is 6.96. The number of hydrogen-bond acceptors (Lipinski definition) is 0. The van der Waals surface area contributed by atoms with Gasteiger partial charge in [-0.05, 0) is 0 Å². The molecule has 0 aliphatic carbocycles. The van der Waals surface area contributed by atoms with Gasteiger partial charge < -0.3 is 1.43 Å². The van der Waals surface area contributed by atoms with Gasteiger partial charge in [0.15, 0.2) is 12.3 Å². The van der Waals surface area contributed by atoms with Gasteiger partial charge in [0.2, 0.25) is 0 Å². The molecule has 0 heterocycles. The number of halogens is 5. The van der Waals surface area contributed by atoms with Gasteiger partial charge in [0.05, 0.1) is 0 Å². The van der Waals surface area contributed by atoms with E-state index >= 15 is 0 Å². The molecule has 0 rings (SSSR count). The van der Waals surface area contributed by atoms with Crippen LogP contribution in [0, 0.1) is 0 Å². The topological polar surface area (TPSA) is 0 Å². The zero-order chi connectivity index (χ0) is 7.44. The number of hydrogen-bond donors (Lipinski definition) is 0. The summed E-state index contributed by atoms with van der Waals surface area (Å²) in [4.78, 5) is 0. The summed E-state index contributed by atoms with van der Waals surface area (Å²) in [7, 11) is 0. The van der Waals surface area contributed by atoms with Gasteiger partial charge in [-0.2, -0.15) is 0 Å². The molecule has 0 radical (unpaired) electrons. The van der Waals surface area contributed by atoms with E-state index in [0.717, 1.165) is 0 Å². The van der Waals surface area contributed by atoms with E-state index in [1.807, 2.05) is 0 Å². The molecule has 58 valence electrons. The van der Waals surface area contributed by atoms with E-state index in [4.69, 9.17) is 0 Å². The van der Waals surface area contributed by atoms with Crippen LogP contribution in [-0.4, -0.2) is 25.4 Å². The van der Waals surface area contributed by atoms with E-state index in [1.54, 1.807) is 0 Å². The molecule has 2 unspecified atom stereocenters. The van der Waals surface area contributed by atoms with Crippen LogP contribution in [0.4, 0.5) is 22.0 Å². The monoisotopic (exact) mass is 188 g/mol. The molecule has 0 nitrogen and oxygen atoms in total. The maximum absolute atomic E-state index is 11.6. The summed E-state index contributed by atoms with van der Waals surface area (Å²) in [6.45, 7) is -1.70. The van der Waals surface area contributed by atoms with Gasteiger partial charge in [-0.25, -0.2) is 22.0 Å². The first-order valence-electron chi connectivity index (χ1n) is 2.22. The summed E-state index contributed by atoms with van der Waals surface area (Å²) in [6, 6.07) is 0. The van der Waals surface area contributed by atoms with Crippen molar-refractivity contribution in [1.82, 2.24) is 0 Å². The molecule has 2 atom stereocenters. The largest absolute Gasteiger partial charge is 1.00 e. The van der Waals surface area contributed by atoms with Crippen LogP contribution in [0.5, 0.6) is 0 Å². The first-order valence-corrected chi connectivity index (χ1v) is 2.22. The van der Waals surface area contributed by atoms with Crippen LogP contribution in [0.15, 0.2) is 0 Å². The van der Waals surface area contributed by atoms with Crippen molar-refractivity contribution in [3.63, 3.8) is 0 Å². The molecular weight excluding hydrogens is 182 g/mol. The fourth-order valence-corrected chi connectivity index (χ4v) is 0.243. The Hall–Kier alpha value is 1.29. The van der Waals surface area contributed by atoms with Crippen LogP contribution in [0.25, 0.3) is 0 Å². The maximum atomic E-state index is 11.6. The Morgan fingerprint density at radius 3 is 1.60 bits per heavy atom. The Bertz CT molecular complexity index is 82.9. The average Bonchev–Trinajstić information content (AvgIpc) is 1.84. The van der Waals surface area contributed by atoms with Gasteiger partial charge in [0.1, 0.15) is 6.67 Å². The Morgan fingerprint density at radius 2 is 1.50 bits per heavy atom. The average molecular weight is 188 g/mol. The van der Waals surface area contributed by atoms with Crippen molar-refractivity contribution in [2.75, 3.05) is 6.67 Å². The van der Waals surface area contributed by atoms with Crippen molar-refractivity contribution in [3.8, 4) is 0 Å². The van der Waals surface area contributed by atoms with Gasteiger partial charge in [-0.15, -0.1) is 0 Å². The van der Waals surface area contributed by atoms with Gasteiger partial charge >= 0.3 is 51.4 Å². The minimum atomic E-state index is -3.43. The summed E-state index contributed by atoms with van der Waals surface area (Å²) < 4.78 is 56.3. The second-order valence-electron chi connectivity index (χ2n) is 1.45. The molecule has 0 amide bonds. The molecule has 0 aliphatic heterocycles. The molecule has 0 aromatic carbocycles. The molecule has 0 bridgehead atoms. The van der Waals surface area contributed by atoms with Crippen molar-refractivity contribution < 1.29 is 74.8 Å². The van der Waals surface area contributed by atoms with Crippen molar-refractivity contribution in [1.29, 1.82) is 0 Å². The molecule has 0 saturated heterocycles. The second-order valence-corrected chi connectivity index (χ2v) is 1.45. The molecule has 0 fully saturated rings. The minimum absolute atomic E-state index is 0. The van der Waals surface area contributed by atoms with Crippen molar-refractivity contribution in [2.24, 2.45) is 0 Å². The van der Waals surface area contributed by atoms with E-state index < -0.39 is 25.4 Å². The summed E-state index contributed by atoms with van der Waals surface area (Å²) >= 11 is 0.